The van der Waals surface area contributed by atoms with Crippen LogP contribution in [0, 0.1) is 18.6 Å². The molecular formula is C19H14ClF2N3O2. The third kappa shape index (κ3) is 3.19. The Morgan fingerprint density at radius 3 is 2.81 bits per heavy atom. The molecule has 4 rings (SSSR count). The molecule has 0 bridgehead atoms. The first-order valence-corrected chi connectivity index (χ1v) is 8.66. The van der Waals surface area contributed by atoms with E-state index in [0.29, 0.717) is 29.2 Å². The molecule has 0 radical (unpaired) electrons. The summed E-state index contributed by atoms with van der Waals surface area (Å²) >= 11 is 5.79. The van der Waals surface area contributed by atoms with Gasteiger partial charge in [-0.05, 0) is 37.3 Å². The van der Waals surface area contributed by atoms with E-state index >= 15 is 0 Å². The van der Waals surface area contributed by atoms with E-state index in [2.05, 4.69) is 10.1 Å². The maximum Gasteiger partial charge on any atom is 0.232 e. The first-order valence-electron chi connectivity index (χ1n) is 8.28. The molecule has 0 saturated carbocycles. The molecule has 0 spiro atoms. The predicted molar refractivity (Wildman–Crippen MR) is 95.6 cm³/mol. The van der Waals surface area contributed by atoms with Gasteiger partial charge in [-0.1, -0.05) is 22.8 Å². The molecule has 0 aliphatic carbocycles. The number of carbonyl (C=O) groups excluding carboxylic acids is 1. The van der Waals surface area contributed by atoms with Gasteiger partial charge in [-0.3, -0.25) is 4.79 Å². The molecule has 2 heterocycles. The van der Waals surface area contributed by atoms with Crippen LogP contribution in [0.1, 0.15) is 23.8 Å². The Kier molecular flexibility index (Phi) is 4.39. The summed E-state index contributed by atoms with van der Waals surface area (Å²) in [6.07, 6.45) is 0.182. The summed E-state index contributed by atoms with van der Waals surface area (Å²) in [6, 6.07) is 8.77. The monoisotopic (exact) mass is 389 g/mol. The molecule has 2 aromatic carbocycles. The van der Waals surface area contributed by atoms with Gasteiger partial charge in [0.1, 0.15) is 11.6 Å². The Hall–Kier alpha value is -2.80. The van der Waals surface area contributed by atoms with Crippen molar-refractivity contribution in [1.82, 2.24) is 10.1 Å². The van der Waals surface area contributed by atoms with E-state index in [9.17, 15) is 13.6 Å². The van der Waals surface area contributed by atoms with Crippen molar-refractivity contribution in [2.24, 2.45) is 0 Å². The lowest BCUT2D eigenvalue weighted by atomic mass is 10.1. The molecule has 1 saturated heterocycles. The van der Waals surface area contributed by atoms with Gasteiger partial charge in [0, 0.05) is 29.8 Å². The summed E-state index contributed by atoms with van der Waals surface area (Å²) in [5.74, 6) is -0.783. The van der Waals surface area contributed by atoms with Gasteiger partial charge in [0.05, 0.1) is 10.9 Å². The zero-order valence-electron chi connectivity index (χ0n) is 14.2. The van der Waals surface area contributed by atoms with Crippen LogP contribution in [0.15, 0.2) is 40.9 Å². The molecule has 1 aliphatic rings. The molecule has 1 unspecified atom stereocenters. The van der Waals surface area contributed by atoms with Gasteiger partial charge in [0.25, 0.3) is 0 Å². The molecule has 27 heavy (non-hydrogen) atoms. The van der Waals surface area contributed by atoms with E-state index in [1.165, 1.54) is 29.2 Å². The smallest absolute Gasteiger partial charge is 0.232 e. The second-order valence-electron chi connectivity index (χ2n) is 6.37. The number of amides is 1. The van der Waals surface area contributed by atoms with Gasteiger partial charge in [-0.2, -0.15) is 4.98 Å². The van der Waals surface area contributed by atoms with Crippen molar-refractivity contribution in [3.05, 3.63) is 64.5 Å². The highest BCUT2D eigenvalue weighted by Crippen LogP contribution is 2.34. The molecule has 5 nitrogen and oxygen atoms in total. The Morgan fingerprint density at radius 1 is 1.22 bits per heavy atom. The van der Waals surface area contributed by atoms with Crippen LogP contribution in [0.3, 0.4) is 0 Å². The zero-order chi connectivity index (χ0) is 19.1. The molecule has 1 fully saturated rings. The van der Waals surface area contributed by atoms with Gasteiger partial charge >= 0.3 is 0 Å². The highest BCUT2D eigenvalue weighted by atomic mass is 35.5. The summed E-state index contributed by atoms with van der Waals surface area (Å²) in [7, 11) is 0. The fraction of sp³-hybridized carbons (Fsp3) is 0.211. The normalized spacial score (nSPS) is 17.0. The lowest BCUT2D eigenvalue weighted by Gasteiger charge is -2.18. The van der Waals surface area contributed by atoms with Crippen molar-refractivity contribution in [3.63, 3.8) is 0 Å². The largest absolute Gasteiger partial charge is 0.339 e. The molecule has 8 heteroatoms. The van der Waals surface area contributed by atoms with E-state index < -0.39 is 5.82 Å². The number of hydrogen-bond donors (Lipinski definition) is 0. The molecule has 138 valence electrons. The van der Waals surface area contributed by atoms with E-state index in [-0.39, 0.29) is 34.9 Å². The number of benzene rings is 2. The Labute approximate surface area is 158 Å². The van der Waals surface area contributed by atoms with Gasteiger partial charge < -0.3 is 9.42 Å². The highest BCUT2D eigenvalue weighted by molar-refractivity contribution is 6.31. The minimum absolute atomic E-state index is 0.0392. The van der Waals surface area contributed by atoms with Crippen molar-refractivity contribution in [2.75, 3.05) is 11.4 Å². The molecule has 0 N–H and O–H groups in total. The molecule has 3 aromatic rings. The van der Waals surface area contributed by atoms with Crippen molar-refractivity contribution < 1.29 is 18.1 Å². The molecule has 1 atom stereocenters. The fourth-order valence-electron chi connectivity index (χ4n) is 3.15. The number of halogens is 3. The second-order valence-corrected chi connectivity index (χ2v) is 6.78. The fourth-order valence-corrected chi connectivity index (χ4v) is 3.33. The van der Waals surface area contributed by atoms with E-state index in [1.807, 2.05) is 0 Å². The lowest BCUT2D eigenvalue weighted by molar-refractivity contribution is -0.117. The lowest BCUT2D eigenvalue weighted by Crippen LogP contribution is -2.25. The maximum atomic E-state index is 13.8. The number of carbonyl (C=O) groups is 1. The standard InChI is InChI=1S/C19H14ClF2N3O2/c1-10-14(21)3-2-4-16(10)25-9-12(8-17(25)26)19-23-18(24-27-19)11-5-6-15(22)13(20)7-11/h2-7,12H,8-9H2,1H3. The third-order valence-electron chi connectivity index (χ3n) is 4.62. The predicted octanol–water partition coefficient (Wildman–Crippen LogP) is 4.50. The quantitative estimate of drug-likeness (QED) is 0.662. The van der Waals surface area contributed by atoms with E-state index in [1.54, 1.807) is 19.1 Å². The topological polar surface area (TPSA) is 59.2 Å². The van der Waals surface area contributed by atoms with Crippen LogP contribution in [-0.4, -0.2) is 22.6 Å². The molecule has 1 aromatic heterocycles. The van der Waals surface area contributed by atoms with Gasteiger partial charge in [0.15, 0.2) is 0 Å². The number of rotatable bonds is 3. The number of aromatic nitrogens is 2. The Bertz CT molecular complexity index is 1040. The Morgan fingerprint density at radius 2 is 2.04 bits per heavy atom. The highest BCUT2D eigenvalue weighted by Gasteiger charge is 2.36. The van der Waals surface area contributed by atoms with E-state index in [4.69, 9.17) is 16.1 Å². The van der Waals surface area contributed by atoms with Crippen molar-refractivity contribution in [1.29, 1.82) is 0 Å². The van der Waals surface area contributed by atoms with Crippen LogP contribution in [0.2, 0.25) is 5.02 Å². The minimum atomic E-state index is -0.536. The summed E-state index contributed by atoms with van der Waals surface area (Å²) in [4.78, 5) is 18.3. The number of anilines is 1. The number of nitrogens with zero attached hydrogens (tertiary/aromatic N) is 3. The summed E-state index contributed by atoms with van der Waals surface area (Å²) in [6.45, 7) is 1.95. The van der Waals surface area contributed by atoms with Crippen LogP contribution < -0.4 is 4.90 Å². The summed E-state index contributed by atoms with van der Waals surface area (Å²) in [5, 5.41) is 3.86. The van der Waals surface area contributed by atoms with Crippen LogP contribution in [0.25, 0.3) is 11.4 Å². The van der Waals surface area contributed by atoms with Crippen molar-refractivity contribution >= 4 is 23.2 Å². The SMILES string of the molecule is Cc1c(F)cccc1N1CC(c2nc(-c3ccc(F)c(Cl)c3)no2)CC1=O. The maximum absolute atomic E-state index is 13.8. The first kappa shape index (κ1) is 17.6. The molecule has 1 aliphatic heterocycles. The van der Waals surface area contributed by atoms with Gasteiger partial charge in [0.2, 0.25) is 17.6 Å². The van der Waals surface area contributed by atoms with Crippen molar-refractivity contribution in [3.8, 4) is 11.4 Å². The average molecular weight is 390 g/mol. The van der Waals surface area contributed by atoms with Crippen LogP contribution >= 0.6 is 11.6 Å². The zero-order valence-corrected chi connectivity index (χ0v) is 15.0. The molecular weight excluding hydrogens is 376 g/mol. The molecule has 1 amide bonds. The van der Waals surface area contributed by atoms with Gasteiger partial charge in [-0.25, -0.2) is 8.78 Å². The summed E-state index contributed by atoms with van der Waals surface area (Å²) < 4.78 is 32.4. The van der Waals surface area contributed by atoms with Crippen molar-refractivity contribution in [2.45, 2.75) is 19.3 Å². The minimum Gasteiger partial charge on any atom is -0.339 e. The Balaban J connectivity index is 1.59. The summed E-state index contributed by atoms with van der Waals surface area (Å²) in [5.41, 5.74) is 1.46. The van der Waals surface area contributed by atoms with Crippen LogP contribution in [-0.2, 0) is 4.79 Å². The first-order chi connectivity index (χ1) is 12.9. The average Bonchev–Trinajstić information content (AvgIpc) is 3.27. The third-order valence-corrected chi connectivity index (χ3v) is 4.91. The van der Waals surface area contributed by atoms with Gasteiger partial charge in [-0.15, -0.1) is 0 Å². The van der Waals surface area contributed by atoms with Crippen LogP contribution in [0.5, 0.6) is 0 Å². The van der Waals surface area contributed by atoms with Crippen LogP contribution in [0.4, 0.5) is 14.5 Å². The van der Waals surface area contributed by atoms with E-state index in [0.717, 1.165) is 0 Å². The number of hydrogen-bond acceptors (Lipinski definition) is 4. The second kappa shape index (κ2) is 6.74.